The Hall–Kier alpha value is -1.02. The number of fused-ring (bicyclic) bond motifs is 1. The standard InChI is InChI=1S/C15H24N2/c1-15(2,11-16)17(3)14-9-8-12-6-4-5-7-13(12)10-14/h8-10H,4-7,11,16H2,1-3H3. The predicted molar refractivity (Wildman–Crippen MR) is 74.6 cm³/mol. The molecule has 0 amide bonds. The summed E-state index contributed by atoms with van der Waals surface area (Å²) in [6.07, 6.45) is 5.16. The fourth-order valence-electron chi connectivity index (χ4n) is 2.41. The molecule has 0 atom stereocenters. The van der Waals surface area contributed by atoms with E-state index in [1.54, 1.807) is 5.56 Å². The minimum Gasteiger partial charge on any atom is -0.368 e. The molecule has 0 unspecified atom stereocenters. The Morgan fingerprint density at radius 2 is 1.82 bits per heavy atom. The molecule has 17 heavy (non-hydrogen) atoms. The second-order valence-corrected chi connectivity index (χ2v) is 5.74. The van der Waals surface area contributed by atoms with Crippen LogP contribution in [0, 0.1) is 0 Å². The summed E-state index contributed by atoms with van der Waals surface area (Å²) >= 11 is 0. The number of benzene rings is 1. The van der Waals surface area contributed by atoms with E-state index < -0.39 is 0 Å². The lowest BCUT2D eigenvalue weighted by Crippen LogP contribution is -2.47. The third-order valence-electron chi connectivity index (χ3n) is 4.13. The van der Waals surface area contributed by atoms with E-state index in [1.807, 2.05) is 0 Å². The van der Waals surface area contributed by atoms with Crippen molar-refractivity contribution in [3.05, 3.63) is 29.3 Å². The molecule has 0 spiro atoms. The maximum absolute atomic E-state index is 5.84. The Balaban J connectivity index is 2.28. The van der Waals surface area contributed by atoms with E-state index in [1.165, 1.54) is 36.9 Å². The first kappa shape index (κ1) is 12.4. The molecule has 0 heterocycles. The van der Waals surface area contributed by atoms with Crippen molar-refractivity contribution < 1.29 is 0 Å². The van der Waals surface area contributed by atoms with Crippen molar-refractivity contribution in [3.8, 4) is 0 Å². The Morgan fingerprint density at radius 1 is 1.18 bits per heavy atom. The van der Waals surface area contributed by atoms with E-state index in [4.69, 9.17) is 5.73 Å². The Labute approximate surface area is 105 Å². The molecule has 0 radical (unpaired) electrons. The summed E-state index contributed by atoms with van der Waals surface area (Å²) in [5.74, 6) is 0. The summed E-state index contributed by atoms with van der Waals surface area (Å²) in [7, 11) is 2.14. The Kier molecular flexibility index (Phi) is 3.43. The van der Waals surface area contributed by atoms with Gasteiger partial charge in [0.2, 0.25) is 0 Å². The summed E-state index contributed by atoms with van der Waals surface area (Å²) in [6, 6.07) is 6.89. The second kappa shape index (κ2) is 4.69. The van der Waals surface area contributed by atoms with Gasteiger partial charge in [-0.1, -0.05) is 6.07 Å². The van der Waals surface area contributed by atoms with E-state index in [9.17, 15) is 0 Å². The summed E-state index contributed by atoms with van der Waals surface area (Å²) in [4.78, 5) is 2.29. The number of anilines is 1. The fourth-order valence-corrected chi connectivity index (χ4v) is 2.41. The lowest BCUT2D eigenvalue weighted by molar-refractivity contribution is 0.498. The van der Waals surface area contributed by atoms with Crippen LogP contribution in [0.25, 0.3) is 0 Å². The Bertz CT molecular complexity index is 396. The molecule has 1 aliphatic rings. The summed E-state index contributed by atoms with van der Waals surface area (Å²) < 4.78 is 0. The number of aryl methyl sites for hydroxylation is 2. The monoisotopic (exact) mass is 232 g/mol. The first-order chi connectivity index (χ1) is 8.04. The van der Waals surface area contributed by atoms with E-state index in [-0.39, 0.29) is 5.54 Å². The van der Waals surface area contributed by atoms with Gasteiger partial charge in [0.25, 0.3) is 0 Å². The van der Waals surface area contributed by atoms with Crippen molar-refractivity contribution >= 4 is 5.69 Å². The van der Waals surface area contributed by atoms with Crippen molar-refractivity contribution in [2.45, 2.75) is 45.1 Å². The summed E-state index contributed by atoms with van der Waals surface area (Å²) in [5, 5.41) is 0. The Morgan fingerprint density at radius 3 is 2.47 bits per heavy atom. The maximum Gasteiger partial charge on any atom is 0.0464 e. The third kappa shape index (κ3) is 2.47. The molecule has 2 N–H and O–H groups in total. The zero-order chi connectivity index (χ0) is 12.5. The van der Waals surface area contributed by atoms with Crippen molar-refractivity contribution in [1.29, 1.82) is 0 Å². The summed E-state index contributed by atoms with van der Waals surface area (Å²) in [5.41, 5.74) is 10.2. The van der Waals surface area contributed by atoms with Gasteiger partial charge in [-0.2, -0.15) is 0 Å². The molecule has 2 rings (SSSR count). The van der Waals surface area contributed by atoms with Crippen LogP contribution in [0.2, 0.25) is 0 Å². The van der Waals surface area contributed by atoms with Crippen LogP contribution in [0.1, 0.15) is 37.8 Å². The van der Waals surface area contributed by atoms with E-state index >= 15 is 0 Å². The molecular formula is C15H24N2. The smallest absolute Gasteiger partial charge is 0.0464 e. The molecule has 0 aliphatic heterocycles. The first-order valence-electron chi connectivity index (χ1n) is 6.60. The summed E-state index contributed by atoms with van der Waals surface area (Å²) in [6.45, 7) is 5.04. The van der Waals surface area contributed by atoms with Gasteiger partial charge in [0.1, 0.15) is 0 Å². The van der Waals surface area contributed by atoms with Crippen LogP contribution in [0.3, 0.4) is 0 Å². The van der Waals surface area contributed by atoms with Gasteiger partial charge in [0, 0.05) is 24.8 Å². The molecule has 0 aromatic heterocycles. The highest BCUT2D eigenvalue weighted by Gasteiger charge is 2.22. The number of nitrogens with two attached hydrogens (primary N) is 1. The third-order valence-corrected chi connectivity index (χ3v) is 4.13. The van der Waals surface area contributed by atoms with Gasteiger partial charge >= 0.3 is 0 Å². The minimum atomic E-state index is 0.0168. The quantitative estimate of drug-likeness (QED) is 0.868. The molecule has 0 saturated carbocycles. The highest BCUT2D eigenvalue weighted by molar-refractivity contribution is 5.53. The number of rotatable bonds is 3. The van der Waals surface area contributed by atoms with Crippen molar-refractivity contribution in [2.75, 3.05) is 18.5 Å². The largest absolute Gasteiger partial charge is 0.368 e. The van der Waals surface area contributed by atoms with E-state index in [0.717, 1.165) is 0 Å². The number of hydrogen-bond acceptors (Lipinski definition) is 2. The fraction of sp³-hybridized carbons (Fsp3) is 0.600. The van der Waals surface area contributed by atoms with Crippen LogP contribution in [0.4, 0.5) is 5.69 Å². The van der Waals surface area contributed by atoms with Crippen molar-refractivity contribution in [2.24, 2.45) is 5.73 Å². The molecule has 94 valence electrons. The van der Waals surface area contributed by atoms with Crippen molar-refractivity contribution in [1.82, 2.24) is 0 Å². The second-order valence-electron chi connectivity index (χ2n) is 5.74. The van der Waals surface area contributed by atoms with Crippen LogP contribution in [-0.2, 0) is 12.8 Å². The highest BCUT2D eigenvalue weighted by Crippen LogP contribution is 2.28. The molecule has 1 aliphatic carbocycles. The average Bonchev–Trinajstić information content (AvgIpc) is 2.37. The number of nitrogens with zero attached hydrogens (tertiary/aromatic N) is 1. The molecule has 2 nitrogen and oxygen atoms in total. The van der Waals surface area contributed by atoms with Crippen LogP contribution >= 0.6 is 0 Å². The molecule has 1 aromatic rings. The molecule has 0 fully saturated rings. The normalized spacial score (nSPS) is 15.5. The maximum atomic E-state index is 5.84. The van der Waals surface area contributed by atoms with Crippen LogP contribution in [-0.4, -0.2) is 19.1 Å². The van der Waals surface area contributed by atoms with Crippen LogP contribution in [0.15, 0.2) is 18.2 Å². The predicted octanol–water partition coefficient (Wildman–Crippen LogP) is 2.74. The van der Waals surface area contributed by atoms with Gasteiger partial charge in [-0.15, -0.1) is 0 Å². The average molecular weight is 232 g/mol. The first-order valence-corrected chi connectivity index (χ1v) is 6.60. The van der Waals surface area contributed by atoms with Gasteiger partial charge in [-0.25, -0.2) is 0 Å². The minimum absolute atomic E-state index is 0.0168. The van der Waals surface area contributed by atoms with Gasteiger partial charge in [0.05, 0.1) is 0 Å². The molecule has 0 bridgehead atoms. The lowest BCUT2D eigenvalue weighted by Gasteiger charge is -2.37. The number of hydrogen-bond donors (Lipinski definition) is 1. The molecule has 0 saturated heterocycles. The van der Waals surface area contributed by atoms with Crippen LogP contribution < -0.4 is 10.6 Å². The number of likely N-dealkylation sites (N-methyl/N-ethyl adjacent to an activating group) is 1. The van der Waals surface area contributed by atoms with Gasteiger partial charge in [0.15, 0.2) is 0 Å². The topological polar surface area (TPSA) is 29.3 Å². The van der Waals surface area contributed by atoms with E-state index in [2.05, 4.69) is 44.0 Å². The zero-order valence-electron chi connectivity index (χ0n) is 11.3. The molecule has 2 heteroatoms. The SMILES string of the molecule is CN(c1ccc2c(c1)CCCC2)C(C)(C)CN. The van der Waals surface area contributed by atoms with Gasteiger partial charge in [-0.05, 0) is 62.8 Å². The van der Waals surface area contributed by atoms with Crippen LogP contribution in [0.5, 0.6) is 0 Å². The highest BCUT2D eigenvalue weighted by atomic mass is 15.2. The van der Waals surface area contributed by atoms with Gasteiger partial charge in [-0.3, -0.25) is 0 Å². The lowest BCUT2D eigenvalue weighted by atomic mass is 9.91. The molecular weight excluding hydrogens is 208 g/mol. The molecule has 1 aromatic carbocycles. The van der Waals surface area contributed by atoms with Gasteiger partial charge < -0.3 is 10.6 Å². The zero-order valence-corrected chi connectivity index (χ0v) is 11.3. The van der Waals surface area contributed by atoms with E-state index in [0.29, 0.717) is 6.54 Å². The van der Waals surface area contributed by atoms with Crippen molar-refractivity contribution in [3.63, 3.8) is 0 Å².